The van der Waals surface area contributed by atoms with Crippen molar-refractivity contribution < 1.29 is 18.3 Å². The van der Waals surface area contributed by atoms with Gasteiger partial charge in [-0.25, -0.2) is 4.98 Å². The van der Waals surface area contributed by atoms with Crippen molar-refractivity contribution in [3.8, 4) is 5.88 Å². The van der Waals surface area contributed by atoms with Gasteiger partial charge in [0.25, 0.3) is 0 Å². The number of rotatable bonds is 12. The molecule has 2 aromatic heterocycles. The van der Waals surface area contributed by atoms with Gasteiger partial charge in [-0.2, -0.15) is 9.97 Å². The quantitative estimate of drug-likeness (QED) is 0.187. The van der Waals surface area contributed by atoms with E-state index in [0.29, 0.717) is 42.5 Å². The number of anilines is 1. The predicted molar refractivity (Wildman–Crippen MR) is 202 cm³/mol. The van der Waals surface area contributed by atoms with E-state index in [4.69, 9.17) is 34.0 Å². The molecule has 0 saturated carbocycles. The molecular formula is C35H59N5O4Si3. The van der Waals surface area contributed by atoms with Crippen molar-refractivity contribution in [1.29, 1.82) is 0 Å². The smallest absolute Gasteiger partial charge is 0.247 e. The lowest BCUT2D eigenvalue weighted by Gasteiger charge is -2.40. The lowest BCUT2D eigenvalue weighted by atomic mass is 10.2. The highest BCUT2D eigenvalue weighted by atomic mass is 28.4. The average Bonchev–Trinajstić information content (AvgIpc) is 3.49. The van der Waals surface area contributed by atoms with Crippen LogP contribution in [0.5, 0.6) is 5.88 Å². The summed E-state index contributed by atoms with van der Waals surface area (Å²) < 4.78 is 29.1. The molecule has 260 valence electrons. The summed E-state index contributed by atoms with van der Waals surface area (Å²) in [6, 6.07) is 11.2. The first-order valence-electron chi connectivity index (χ1n) is 17.0. The summed E-state index contributed by atoms with van der Waals surface area (Å²) in [5, 5.41) is 0.127. The van der Waals surface area contributed by atoms with Crippen LogP contribution in [0.2, 0.25) is 61.9 Å². The monoisotopic (exact) mass is 697 g/mol. The van der Waals surface area contributed by atoms with Crippen molar-refractivity contribution in [1.82, 2.24) is 19.5 Å². The zero-order chi connectivity index (χ0) is 35.0. The van der Waals surface area contributed by atoms with Crippen molar-refractivity contribution in [3.05, 3.63) is 41.7 Å². The van der Waals surface area contributed by atoms with Gasteiger partial charge in [0, 0.05) is 14.5 Å². The van der Waals surface area contributed by atoms with Crippen LogP contribution in [-0.2, 0) is 13.6 Å². The standard InChI is InChI=1S/C35H59N5O4Si3/c1-34(2,3)46(10,11)42-24-27-26(44-47(12,13)35(4,5)6)23-29(43-27)40-28(20-19-25-17-15-14-16-18-25)37-30-31(40)38-33(36)39-32(30)41-21-22-45(7,8)9/h14-20,26-27,29H,21-24H2,1-13H3,(H2,36,38,39)/b20-19+/t26-,27+,29+/m0/s1. The first-order chi connectivity index (χ1) is 21.6. The molecule has 47 heavy (non-hydrogen) atoms. The Balaban J connectivity index is 1.79. The maximum atomic E-state index is 7.09. The highest BCUT2D eigenvalue weighted by Crippen LogP contribution is 2.43. The van der Waals surface area contributed by atoms with Crippen LogP contribution in [0.25, 0.3) is 23.3 Å². The molecular weight excluding hydrogens is 639 g/mol. The molecule has 0 unspecified atom stereocenters. The fraction of sp³-hybridized carbons (Fsp3) is 0.629. The van der Waals surface area contributed by atoms with Gasteiger partial charge in [0.15, 0.2) is 27.8 Å². The van der Waals surface area contributed by atoms with Crippen LogP contribution in [0.4, 0.5) is 5.95 Å². The van der Waals surface area contributed by atoms with Gasteiger partial charge in [-0.05, 0) is 53.9 Å². The number of fused-ring (bicyclic) bond motifs is 1. The number of nitrogen functional groups attached to an aromatic ring is 1. The number of nitrogens with two attached hydrogens (primary N) is 1. The van der Waals surface area contributed by atoms with Gasteiger partial charge in [-0.1, -0.05) is 97.6 Å². The minimum absolute atomic E-state index is 0.0467. The van der Waals surface area contributed by atoms with Crippen molar-refractivity contribution in [2.24, 2.45) is 0 Å². The van der Waals surface area contributed by atoms with E-state index in [0.717, 1.165) is 11.6 Å². The third-order valence-corrected chi connectivity index (χ3v) is 20.7. The number of ether oxygens (including phenoxy) is 2. The van der Waals surface area contributed by atoms with Crippen molar-refractivity contribution in [2.75, 3.05) is 18.9 Å². The van der Waals surface area contributed by atoms with E-state index in [1.807, 2.05) is 28.8 Å². The van der Waals surface area contributed by atoms with Crippen LogP contribution in [0.1, 0.15) is 65.6 Å². The van der Waals surface area contributed by atoms with Gasteiger partial charge < -0.3 is 24.1 Å². The van der Waals surface area contributed by atoms with Crippen molar-refractivity contribution >= 4 is 54.0 Å². The van der Waals surface area contributed by atoms with Gasteiger partial charge in [-0.15, -0.1) is 0 Å². The Bertz CT molecular complexity index is 1540. The molecule has 1 aromatic carbocycles. The van der Waals surface area contributed by atoms with Gasteiger partial charge in [0.2, 0.25) is 11.8 Å². The number of imidazole rings is 1. The normalized spacial score (nSPS) is 20.1. The summed E-state index contributed by atoms with van der Waals surface area (Å²) in [5.74, 6) is 1.25. The molecule has 2 N–H and O–H groups in total. The lowest BCUT2D eigenvalue weighted by Crippen LogP contribution is -2.48. The van der Waals surface area contributed by atoms with E-state index >= 15 is 0 Å². The average molecular weight is 698 g/mol. The minimum atomic E-state index is -2.14. The summed E-state index contributed by atoms with van der Waals surface area (Å²) >= 11 is 0. The fourth-order valence-corrected chi connectivity index (χ4v) is 7.95. The number of benzene rings is 1. The SMILES string of the molecule is CC(C)(C)[Si](C)(C)OC[C@H]1O[C@@H](n2c(/C=C/c3ccccc3)nc3c(OCC[Si](C)(C)C)nc(N)nc32)C[C@@H]1O[Si](C)(C)C(C)(C)C. The molecule has 0 spiro atoms. The second kappa shape index (κ2) is 13.9. The minimum Gasteiger partial charge on any atom is -0.476 e. The van der Waals surface area contributed by atoms with Crippen molar-refractivity contribution in [2.45, 2.75) is 128 Å². The number of hydrogen-bond donors (Lipinski definition) is 1. The Hall–Kier alpha value is -2.36. The van der Waals surface area contributed by atoms with Crippen molar-refractivity contribution in [3.63, 3.8) is 0 Å². The zero-order valence-corrected chi connectivity index (χ0v) is 34.1. The van der Waals surface area contributed by atoms with E-state index in [2.05, 4.69) is 111 Å². The van der Waals surface area contributed by atoms with Gasteiger partial charge in [-0.3, -0.25) is 4.57 Å². The Kier molecular flexibility index (Phi) is 11.1. The second-order valence-corrected chi connectivity index (χ2v) is 32.3. The van der Waals surface area contributed by atoms with Crippen LogP contribution in [0.15, 0.2) is 30.3 Å². The molecule has 1 saturated heterocycles. The Morgan fingerprint density at radius 1 is 0.894 bits per heavy atom. The molecule has 1 aliphatic heterocycles. The van der Waals surface area contributed by atoms with Gasteiger partial charge in [0.05, 0.1) is 19.3 Å². The lowest BCUT2D eigenvalue weighted by molar-refractivity contribution is -0.0385. The molecule has 4 rings (SSSR count). The van der Waals surface area contributed by atoms with E-state index in [-0.39, 0.29) is 28.2 Å². The van der Waals surface area contributed by atoms with Crippen LogP contribution in [0.3, 0.4) is 0 Å². The molecule has 3 heterocycles. The maximum Gasteiger partial charge on any atom is 0.247 e. The molecule has 0 bridgehead atoms. The van der Waals surface area contributed by atoms with E-state index < -0.39 is 30.9 Å². The van der Waals surface area contributed by atoms with E-state index in [1.54, 1.807) is 0 Å². The molecule has 3 aromatic rings. The second-order valence-electron chi connectivity index (χ2n) is 17.2. The van der Waals surface area contributed by atoms with Gasteiger partial charge in [0.1, 0.15) is 18.2 Å². The third-order valence-electron chi connectivity index (χ3n) is 10.0. The van der Waals surface area contributed by atoms with Crippen LogP contribution >= 0.6 is 0 Å². The molecule has 0 radical (unpaired) electrons. The van der Waals surface area contributed by atoms with E-state index in [9.17, 15) is 0 Å². The summed E-state index contributed by atoms with van der Waals surface area (Å²) in [6.07, 6.45) is 3.88. The largest absolute Gasteiger partial charge is 0.476 e. The maximum absolute atomic E-state index is 7.09. The summed E-state index contributed by atoms with van der Waals surface area (Å²) in [5.41, 5.74) is 8.55. The number of nitrogens with zero attached hydrogens (tertiary/aromatic N) is 4. The molecule has 1 aliphatic rings. The first-order valence-corrected chi connectivity index (χ1v) is 26.5. The summed E-state index contributed by atoms with van der Waals surface area (Å²) in [6.45, 7) is 30.7. The third kappa shape index (κ3) is 9.21. The molecule has 1 fully saturated rings. The molecule has 0 aliphatic carbocycles. The highest BCUT2D eigenvalue weighted by Gasteiger charge is 2.47. The summed E-state index contributed by atoms with van der Waals surface area (Å²) in [4.78, 5) is 14.3. The van der Waals surface area contributed by atoms with Gasteiger partial charge >= 0.3 is 0 Å². The Labute approximate surface area is 285 Å². The molecule has 0 amide bonds. The molecule has 3 atom stereocenters. The number of aromatic nitrogens is 4. The summed E-state index contributed by atoms with van der Waals surface area (Å²) in [7, 11) is -5.50. The van der Waals surface area contributed by atoms with Crippen LogP contribution in [0, 0.1) is 0 Å². The van der Waals surface area contributed by atoms with Crippen LogP contribution in [-0.4, -0.2) is 69.6 Å². The number of hydrogen-bond acceptors (Lipinski definition) is 8. The highest BCUT2D eigenvalue weighted by molar-refractivity contribution is 6.76. The Morgan fingerprint density at radius 2 is 1.53 bits per heavy atom. The first kappa shape index (κ1) is 37.5. The predicted octanol–water partition coefficient (Wildman–Crippen LogP) is 9.00. The Morgan fingerprint density at radius 3 is 2.13 bits per heavy atom. The zero-order valence-electron chi connectivity index (χ0n) is 31.1. The van der Waals surface area contributed by atoms with E-state index in [1.165, 1.54) is 0 Å². The molecule has 12 heteroatoms. The van der Waals surface area contributed by atoms with Crippen LogP contribution < -0.4 is 10.5 Å². The fourth-order valence-electron chi connectivity index (χ4n) is 4.87. The topological polar surface area (TPSA) is 107 Å². The molecule has 9 nitrogen and oxygen atoms in total.